The minimum atomic E-state index is 0.819. The van der Waals surface area contributed by atoms with Crippen molar-refractivity contribution in [2.45, 2.75) is 13.5 Å². The molecule has 0 spiro atoms. The van der Waals surface area contributed by atoms with Crippen molar-refractivity contribution >= 4 is 0 Å². The maximum atomic E-state index is 5.25. The molecule has 18 heavy (non-hydrogen) atoms. The van der Waals surface area contributed by atoms with Crippen LogP contribution in [-0.2, 0) is 13.6 Å². The van der Waals surface area contributed by atoms with E-state index in [0.717, 1.165) is 23.6 Å². The van der Waals surface area contributed by atoms with Crippen LogP contribution in [0.1, 0.15) is 11.3 Å². The summed E-state index contributed by atoms with van der Waals surface area (Å²) in [5, 5.41) is 7.76. The third-order valence-electron chi connectivity index (χ3n) is 3.12. The van der Waals surface area contributed by atoms with Gasteiger partial charge >= 0.3 is 0 Å². The van der Waals surface area contributed by atoms with E-state index < -0.39 is 0 Å². The van der Waals surface area contributed by atoms with Gasteiger partial charge in [0, 0.05) is 19.2 Å². The molecular formula is C14H19N3O. The molecule has 0 radical (unpaired) electrons. The highest BCUT2D eigenvalue weighted by Crippen LogP contribution is 2.27. The number of methoxy groups -OCH3 is 1. The minimum absolute atomic E-state index is 0.819. The summed E-state index contributed by atoms with van der Waals surface area (Å²) < 4.78 is 7.19. The number of ether oxygens (including phenoxy) is 1. The predicted molar refractivity (Wildman–Crippen MR) is 72.7 cm³/mol. The highest BCUT2D eigenvalue weighted by Gasteiger charge is 2.13. The average Bonchev–Trinajstić information content (AvgIpc) is 2.67. The van der Waals surface area contributed by atoms with Gasteiger partial charge in [-0.25, -0.2) is 0 Å². The van der Waals surface area contributed by atoms with E-state index in [1.54, 1.807) is 7.11 Å². The van der Waals surface area contributed by atoms with Gasteiger partial charge in [-0.05, 0) is 31.7 Å². The van der Waals surface area contributed by atoms with E-state index in [4.69, 9.17) is 4.74 Å². The van der Waals surface area contributed by atoms with Crippen molar-refractivity contribution in [3.8, 4) is 17.0 Å². The number of nitrogens with zero attached hydrogens (tertiary/aromatic N) is 2. The van der Waals surface area contributed by atoms with Gasteiger partial charge in [-0.15, -0.1) is 0 Å². The van der Waals surface area contributed by atoms with E-state index in [9.17, 15) is 0 Å². The first-order valence-electron chi connectivity index (χ1n) is 5.99. The maximum absolute atomic E-state index is 5.25. The summed E-state index contributed by atoms with van der Waals surface area (Å²) in [5.74, 6) is 0.854. The van der Waals surface area contributed by atoms with Crippen LogP contribution in [0.15, 0.2) is 24.3 Å². The van der Waals surface area contributed by atoms with Crippen LogP contribution in [0.3, 0.4) is 0 Å². The van der Waals surface area contributed by atoms with Crippen LogP contribution in [0.5, 0.6) is 5.75 Å². The Hall–Kier alpha value is -1.81. The van der Waals surface area contributed by atoms with Crippen LogP contribution in [0, 0.1) is 6.92 Å². The van der Waals surface area contributed by atoms with Crippen LogP contribution in [0.4, 0.5) is 0 Å². The van der Waals surface area contributed by atoms with E-state index >= 15 is 0 Å². The standard InChI is InChI=1S/C14H19N3O/c1-10-13(9-15-2)17(3)16-14(10)11-6-5-7-12(8-11)18-4/h5-8,15H,9H2,1-4H3. The van der Waals surface area contributed by atoms with E-state index in [1.807, 2.05) is 37.0 Å². The molecule has 1 aromatic heterocycles. The van der Waals surface area contributed by atoms with E-state index in [2.05, 4.69) is 23.4 Å². The third kappa shape index (κ3) is 2.24. The lowest BCUT2D eigenvalue weighted by molar-refractivity contribution is 0.415. The zero-order valence-corrected chi connectivity index (χ0v) is 11.3. The first-order chi connectivity index (χ1) is 8.67. The van der Waals surface area contributed by atoms with Gasteiger partial charge in [0.25, 0.3) is 0 Å². The van der Waals surface area contributed by atoms with Crippen LogP contribution in [0.25, 0.3) is 11.3 Å². The van der Waals surface area contributed by atoms with Crippen molar-refractivity contribution in [3.05, 3.63) is 35.5 Å². The van der Waals surface area contributed by atoms with Crippen LogP contribution in [-0.4, -0.2) is 23.9 Å². The zero-order valence-electron chi connectivity index (χ0n) is 11.3. The first-order valence-corrected chi connectivity index (χ1v) is 5.99. The monoisotopic (exact) mass is 245 g/mol. The molecule has 1 heterocycles. The van der Waals surface area contributed by atoms with E-state index in [-0.39, 0.29) is 0 Å². The second kappa shape index (κ2) is 5.23. The highest BCUT2D eigenvalue weighted by atomic mass is 16.5. The van der Waals surface area contributed by atoms with Gasteiger partial charge in [0.1, 0.15) is 5.75 Å². The smallest absolute Gasteiger partial charge is 0.119 e. The molecule has 0 atom stereocenters. The summed E-state index contributed by atoms with van der Waals surface area (Å²) in [6.45, 7) is 2.92. The molecule has 0 fully saturated rings. The molecule has 4 nitrogen and oxygen atoms in total. The Morgan fingerprint density at radius 2 is 2.17 bits per heavy atom. The van der Waals surface area contributed by atoms with Gasteiger partial charge in [0.05, 0.1) is 18.5 Å². The molecule has 2 rings (SSSR count). The summed E-state index contributed by atoms with van der Waals surface area (Å²) in [6, 6.07) is 8.00. The van der Waals surface area contributed by atoms with Crippen LogP contribution >= 0.6 is 0 Å². The summed E-state index contributed by atoms with van der Waals surface area (Å²) >= 11 is 0. The Morgan fingerprint density at radius 3 is 2.83 bits per heavy atom. The van der Waals surface area contributed by atoms with Gasteiger partial charge in [0.2, 0.25) is 0 Å². The van der Waals surface area contributed by atoms with Crippen molar-refractivity contribution in [2.24, 2.45) is 7.05 Å². The molecule has 1 N–H and O–H groups in total. The summed E-state index contributed by atoms with van der Waals surface area (Å²) in [6.07, 6.45) is 0. The summed E-state index contributed by atoms with van der Waals surface area (Å²) in [4.78, 5) is 0. The Labute approximate surface area is 108 Å². The third-order valence-corrected chi connectivity index (χ3v) is 3.12. The number of aryl methyl sites for hydroxylation is 1. The van der Waals surface area contributed by atoms with Crippen molar-refractivity contribution in [2.75, 3.05) is 14.2 Å². The van der Waals surface area contributed by atoms with E-state index in [0.29, 0.717) is 0 Å². The molecule has 0 unspecified atom stereocenters. The molecule has 2 aromatic rings. The number of nitrogens with one attached hydrogen (secondary N) is 1. The van der Waals surface area contributed by atoms with Crippen LogP contribution < -0.4 is 10.1 Å². The SMILES string of the molecule is CNCc1c(C)c(-c2cccc(OC)c2)nn1C. The molecule has 0 aliphatic heterocycles. The normalized spacial score (nSPS) is 10.7. The largest absolute Gasteiger partial charge is 0.497 e. The lowest BCUT2D eigenvalue weighted by Crippen LogP contribution is -2.10. The number of hydrogen-bond acceptors (Lipinski definition) is 3. The number of benzene rings is 1. The average molecular weight is 245 g/mol. The van der Waals surface area contributed by atoms with Crippen LogP contribution in [0.2, 0.25) is 0 Å². The predicted octanol–water partition coefficient (Wildman–Crippen LogP) is 2.12. The number of aromatic nitrogens is 2. The van der Waals surface area contributed by atoms with Gasteiger partial charge in [-0.1, -0.05) is 12.1 Å². The fraction of sp³-hybridized carbons (Fsp3) is 0.357. The quantitative estimate of drug-likeness (QED) is 0.896. The molecular weight excluding hydrogens is 226 g/mol. The molecule has 4 heteroatoms. The van der Waals surface area contributed by atoms with Crippen molar-refractivity contribution < 1.29 is 4.74 Å². The second-order valence-electron chi connectivity index (χ2n) is 4.31. The molecule has 0 amide bonds. The van der Waals surface area contributed by atoms with Crippen molar-refractivity contribution in [1.82, 2.24) is 15.1 Å². The fourth-order valence-corrected chi connectivity index (χ4v) is 2.12. The Bertz CT molecular complexity index is 546. The Balaban J connectivity index is 2.47. The Morgan fingerprint density at radius 1 is 1.39 bits per heavy atom. The minimum Gasteiger partial charge on any atom is -0.497 e. The van der Waals surface area contributed by atoms with Gasteiger partial charge < -0.3 is 10.1 Å². The van der Waals surface area contributed by atoms with Gasteiger partial charge in [-0.2, -0.15) is 5.10 Å². The van der Waals surface area contributed by atoms with Gasteiger partial charge in [-0.3, -0.25) is 4.68 Å². The van der Waals surface area contributed by atoms with E-state index in [1.165, 1.54) is 11.3 Å². The molecule has 0 aliphatic carbocycles. The highest BCUT2D eigenvalue weighted by molar-refractivity contribution is 5.65. The molecule has 0 bridgehead atoms. The second-order valence-corrected chi connectivity index (χ2v) is 4.31. The maximum Gasteiger partial charge on any atom is 0.119 e. The number of rotatable bonds is 4. The lowest BCUT2D eigenvalue weighted by atomic mass is 10.1. The summed E-state index contributed by atoms with van der Waals surface area (Å²) in [5.41, 5.74) is 4.52. The fourth-order valence-electron chi connectivity index (χ4n) is 2.12. The molecule has 0 aliphatic rings. The van der Waals surface area contributed by atoms with Crippen molar-refractivity contribution in [1.29, 1.82) is 0 Å². The molecule has 0 saturated carbocycles. The molecule has 96 valence electrons. The zero-order chi connectivity index (χ0) is 13.1. The Kier molecular flexibility index (Phi) is 3.67. The van der Waals surface area contributed by atoms with Gasteiger partial charge in [0.15, 0.2) is 0 Å². The number of hydrogen-bond donors (Lipinski definition) is 1. The lowest BCUT2D eigenvalue weighted by Gasteiger charge is -2.03. The topological polar surface area (TPSA) is 39.1 Å². The first kappa shape index (κ1) is 12.6. The molecule has 0 saturated heterocycles. The molecule has 1 aromatic carbocycles. The summed E-state index contributed by atoms with van der Waals surface area (Å²) in [7, 11) is 5.60. The van der Waals surface area contributed by atoms with Crippen molar-refractivity contribution in [3.63, 3.8) is 0 Å².